The molecule has 1 heterocycles. The molecule has 30 heavy (non-hydrogen) atoms. The zero-order valence-corrected chi connectivity index (χ0v) is 17.9. The van der Waals surface area contributed by atoms with Gasteiger partial charge in [0.1, 0.15) is 17.4 Å². The molecular formula is C23H23NO5S. The van der Waals surface area contributed by atoms with Crippen LogP contribution in [0.3, 0.4) is 0 Å². The molecule has 0 unspecified atom stereocenters. The number of aromatic nitrogens is 1. The van der Waals surface area contributed by atoms with Crippen molar-refractivity contribution in [2.24, 2.45) is 0 Å². The van der Waals surface area contributed by atoms with E-state index in [1.807, 2.05) is 54.8 Å². The summed E-state index contributed by atoms with van der Waals surface area (Å²) in [5.74, 6) is 1.64. The second kappa shape index (κ2) is 10.5. The van der Waals surface area contributed by atoms with Crippen LogP contribution in [0.5, 0.6) is 17.2 Å². The van der Waals surface area contributed by atoms with Crippen molar-refractivity contribution in [1.82, 2.24) is 4.98 Å². The number of carbonyl (C=O) groups excluding carboxylic acids is 1. The van der Waals surface area contributed by atoms with E-state index in [9.17, 15) is 4.79 Å². The predicted octanol–water partition coefficient (Wildman–Crippen LogP) is 4.98. The monoisotopic (exact) mass is 425 g/mol. The van der Waals surface area contributed by atoms with E-state index in [-0.39, 0.29) is 6.61 Å². The van der Waals surface area contributed by atoms with Crippen LogP contribution in [-0.4, -0.2) is 31.8 Å². The van der Waals surface area contributed by atoms with Crippen LogP contribution >= 0.6 is 11.3 Å². The maximum atomic E-state index is 12.0. The number of benzene rings is 2. The molecular weight excluding hydrogens is 402 g/mol. The average Bonchev–Trinajstić information content (AvgIpc) is 3.26. The number of ether oxygens (including phenoxy) is 4. The van der Waals surface area contributed by atoms with Crippen molar-refractivity contribution in [2.45, 2.75) is 13.5 Å². The molecule has 156 valence electrons. The Morgan fingerprint density at radius 1 is 1.10 bits per heavy atom. The average molecular weight is 426 g/mol. The van der Waals surface area contributed by atoms with Crippen LogP contribution in [-0.2, 0) is 16.1 Å². The molecule has 7 heteroatoms. The summed E-state index contributed by atoms with van der Waals surface area (Å²) in [5.41, 5.74) is 2.45. The Hall–Kier alpha value is -3.32. The second-order valence-electron chi connectivity index (χ2n) is 6.16. The summed E-state index contributed by atoms with van der Waals surface area (Å²) in [6.45, 7) is 2.59. The molecule has 0 spiro atoms. The van der Waals surface area contributed by atoms with Crippen molar-refractivity contribution in [1.29, 1.82) is 0 Å². The molecule has 0 atom stereocenters. The Morgan fingerprint density at radius 2 is 1.97 bits per heavy atom. The molecule has 3 aromatic rings. The molecule has 2 aromatic carbocycles. The molecule has 0 radical (unpaired) electrons. The fourth-order valence-corrected chi connectivity index (χ4v) is 3.49. The molecule has 0 fully saturated rings. The van der Waals surface area contributed by atoms with Gasteiger partial charge in [-0.05, 0) is 48.9 Å². The molecule has 0 saturated carbocycles. The normalized spacial score (nSPS) is 10.8. The van der Waals surface area contributed by atoms with Gasteiger partial charge in [-0.25, -0.2) is 9.78 Å². The summed E-state index contributed by atoms with van der Waals surface area (Å²) < 4.78 is 21.4. The Bertz CT molecular complexity index is 1030. The lowest BCUT2D eigenvalue weighted by atomic mass is 10.2. The van der Waals surface area contributed by atoms with E-state index in [1.165, 1.54) is 17.4 Å². The third-order valence-corrected chi connectivity index (χ3v) is 5.07. The standard InChI is InChI=1S/C23H23NO5S/c1-4-28-20-10-9-17(13-21(20)27-3)23-24-18(15-30-23)14-29-22(25)11-8-16-6-5-7-19(12-16)26-2/h5-13,15H,4,14H2,1-3H3/b11-8-. The Balaban J connectivity index is 1.60. The maximum Gasteiger partial charge on any atom is 0.331 e. The molecule has 0 saturated heterocycles. The SMILES string of the molecule is CCOc1ccc(-c2nc(COC(=O)/C=C\c3cccc(OC)c3)cs2)cc1OC. The number of hydrogen-bond acceptors (Lipinski definition) is 7. The van der Waals surface area contributed by atoms with Gasteiger partial charge in [-0.1, -0.05) is 12.1 Å². The lowest BCUT2D eigenvalue weighted by Crippen LogP contribution is -2.01. The summed E-state index contributed by atoms with van der Waals surface area (Å²) >= 11 is 1.48. The van der Waals surface area contributed by atoms with E-state index in [2.05, 4.69) is 4.98 Å². The van der Waals surface area contributed by atoms with Crippen molar-refractivity contribution in [3.63, 3.8) is 0 Å². The Morgan fingerprint density at radius 3 is 2.73 bits per heavy atom. The predicted molar refractivity (Wildman–Crippen MR) is 117 cm³/mol. The van der Waals surface area contributed by atoms with E-state index in [0.29, 0.717) is 23.8 Å². The highest BCUT2D eigenvalue weighted by molar-refractivity contribution is 7.13. The molecule has 0 aliphatic rings. The molecule has 1 aromatic heterocycles. The van der Waals surface area contributed by atoms with Crippen LogP contribution in [0, 0.1) is 0 Å². The Labute approximate surface area is 179 Å². The molecule has 0 aliphatic carbocycles. The third-order valence-electron chi connectivity index (χ3n) is 4.13. The summed E-state index contributed by atoms with van der Waals surface area (Å²) in [5, 5.41) is 2.69. The van der Waals surface area contributed by atoms with E-state index < -0.39 is 5.97 Å². The van der Waals surface area contributed by atoms with Gasteiger partial charge in [-0.2, -0.15) is 0 Å². The number of rotatable bonds is 9. The van der Waals surface area contributed by atoms with Gasteiger partial charge in [0, 0.05) is 17.0 Å². The number of nitrogens with zero attached hydrogens (tertiary/aromatic N) is 1. The topological polar surface area (TPSA) is 66.9 Å². The van der Waals surface area contributed by atoms with E-state index in [1.54, 1.807) is 20.3 Å². The van der Waals surface area contributed by atoms with Crippen LogP contribution in [0.4, 0.5) is 0 Å². The minimum atomic E-state index is -0.435. The zero-order chi connectivity index (χ0) is 21.3. The number of esters is 1. The first kappa shape index (κ1) is 21.4. The van der Waals surface area contributed by atoms with Gasteiger partial charge in [-0.15, -0.1) is 11.3 Å². The fourth-order valence-electron chi connectivity index (χ4n) is 2.68. The zero-order valence-electron chi connectivity index (χ0n) is 17.1. The van der Waals surface area contributed by atoms with Gasteiger partial charge in [-0.3, -0.25) is 0 Å². The largest absolute Gasteiger partial charge is 0.497 e. The van der Waals surface area contributed by atoms with Crippen molar-refractivity contribution in [3.8, 4) is 27.8 Å². The van der Waals surface area contributed by atoms with Gasteiger partial charge in [0.2, 0.25) is 0 Å². The number of thiazole rings is 1. The van der Waals surface area contributed by atoms with Crippen LogP contribution in [0.25, 0.3) is 16.6 Å². The molecule has 0 amide bonds. The summed E-state index contributed by atoms with van der Waals surface area (Å²) in [6.07, 6.45) is 3.07. The number of hydrogen-bond donors (Lipinski definition) is 0. The maximum absolute atomic E-state index is 12.0. The van der Waals surface area contributed by atoms with E-state index in [0.717, 1.165) is 21.9 Å². The first-order valence-corrected chi connectivity index (χ1v) is 10.3. The molecule has 0 bridgehead atoms. The minimum Gasteiger partial charge on any atom is -0.497 e. The van der Waals surface area contributed by atoms with Crippen molar-refractivity contribution in [3.05, 3.63) is 65.2 Å². The third kappa shape index (κ3) is 5.61. The molecule has 0 aliphatic heterocycles. The second-order valence-corrected chi connectivity index (χ2v) is 7.02. The lowest BCUT2D eigenvalue weighted by Gasteiger charge is -2.09. The van der Waals surface area contributed by atoms with Gasteiger partial charge in [0.15, 0.2) is 11.5 Å². The van der Waals surface area contributed by atoms with Crippen LogP contribution in [0.2, 0.25) is 0 Å². The van der Waals surface area contributed by atoms with Gasteiger partial charge >= 0.3 is 5.97 Å². The minimum absolute atomic E-state index is 0.103. The van der Waals surface area contributed by atoms with Crippen molar-refractivity contribution >= 4 is 23.4 Å². The summed E-state index contributed by atoms with van der Waals surface area (Å²) in [7, 11) is 3.20. The molecule has 6 nitrogen and oxygen atoms in total. The highest BCUT2D eigenvalue weighted by Gasteiger charge is 2.11. The van der Waals surface area contributed by atoms with Gasteiger partial charge in [0.05, 0.1) is 26.5 Å². The fraction of sp³-hybridized carbons (Fsp3) is 0.217. The van der Waals surface area contributed by atoms with E-state index in [4.69, 9.17) is 18.9 Å². The highest BCUT2D eigenvalue weighted by Crippen LogP contribution is 2.33. The summed E-state index contributed by atoms with van der Waals surface area (Å²) in [6, 6.07) is 13.1. The Kier molecular flexibility index (Phi) is 7.45. The molecule has 3 rings (SSSR count). The van der Waals surface area contributed by atoms with Crippen LogP contribution in [0.1, 0.15) is 18.2 Å². The summed E-state index contributed by atoms with van der Waals surface area (Å²) in [4.78, 5) is 16.6. The number of carbonyl (C=O) groups is 1. The first-order chi connectivity index (χ1) is 14.6. The van der Waals surface area contributed by atoms with Crippen molar-refractivity contribution < 1.29 is 23.7 Å². The van der Waals surface area contributed by atoms with Crippen molar-refractivity contribution in [2.75, 3.05) is 20.8 Å². The van der Waals surface area contributed by atoms with Crippen LogP contribution in [0.15, 0.2) is 53.9 Å². The van der Waals surface area contributed by atoms with Gasteiger partial charge in [0.25, 0.3) is 0 Å². The van der Waals surface area contributed by atoms with Crippen LogP contribution < -0.4 is 14.2 Å². The number of methoxy groups -OCH3 is 2. The lowest BCUT2D eigenvalue weighted by molar-refractivity contribution is -0.139. The highest BCUT2D eigenvalue weighted by atomic mass is 32.1. The quantitative estimate of drug-likeness (QED) is 0.356. The smallest absolute Gasteiger partial charge is 0.331 e. The van der Waals surface area contributed by atoms with Gasteiger partial charge < -0.3 is 18.9 Å². The van der Waals surface area contributed by atoms with E-state index >= 15 is 0 Å². The first-order valence-electron chi connectivity index (χ1n) is 9.37. The molecule has 0 N–H and O–H groups in total.